The molecule has 0 spiro atoms. The maximum atomic E-state index is 12.4. The molecule has 0 saturated heterocycles. The summed E-state index contributed by atoms with van der Waals surface area (Å²) in [5, 5.41) is 31.2. The topological polar surface area (TPSA) is 141 Å². The molecule has 0 aliphatic rings. The van der Waals surface area contributed by atoms with Crippen LogP contribution < -0.4 is 5.32 Å². The van der Waals surface area contributed by atoms with Gasteiger partial charge in [0.2, 0.25) is 0 Å². The number of thiophene rings is 6. The number of hydrogen-bond acceptors (Lipinski definition) is 10. The summed E-state index contributed by atoms with van der Waals surface area (Å²) in [5.74, 6) is -0.770. The molecule has 0 aliphatic heterocycles. The first-order valence-electron chi connectivity index (χ1n) is 13.6. The summed E-state index contributed by atoms with van der Waals surface area (Å²) < 4.78 is 0. The van der Waals surface area contributed by atoms with Crippen molar-refractivity contribution in [3.63, 3.8) is 0 Å². The highest BCUT2D eigenvalue weighted by Crippen LogP contribution is 2.48. The van der Waals surface area contributed by atoms with Crippen molar-refractivity contribution in [1.29, 1.82) is 0 Å². The van der Waals surface area contributed by atoms with Crippen molar-refractivity contribution < 1.29 is 34.5 Å². The number of rotatable bonds is 12. The van der Waals surface area contributed by atoms with E-state index in [1.54, 1.807) is 29.5 Å². The molecule has 6 rings (SSSR count). The number of nitrogens with one attached hydrogen (secondary N) is 1. The molecule has 6 aromatic rings. The fourth-order valence-electron chi connectivity index (χ4n) is 4.69. The minimum Gasteiger partial charge on any atom is -0.481 e. The average molecular weight is 736 g/mol. The van der Waals surface area contributed by atoms with Crippen molar-refractivity contribution in [3.8, 4) is 61.1 Å². The number of terminal acetylenes is 1. The number of carboxylic acids is 3. The molecule has 1 amide bonds. The smallest absolute Gasteiger partial charge is 0.345 e. The van der Waals surface area contributed by atoms with Crippen LogP contribution in [-0.4, -0.2) is 45.7 Å². The molecule has 6 heterocycles. The predicted molar refractivity (Wildman–Crippen MR) is 192 cm³/mol. The molecule has 0 saturated carbocycles. The Hall–Kier alpha value is -4.36. The average Bonchev–Trinajstić information content (AvgIpc) is 3.84. The van der Waals surface area contributed by atoms with E-state index in [0.717, 1.165) is 60.1 Å². The summed E-state index contributed by atoms with van der Waals surface area (Å²) in [4.78, 5) is 56.7. The molecule has 0 radical (unpaired) electrons. The second-order valence-corrected chi connectivity index (χ2v) is 16.4. The number of carbonyl (C=O) groups excluding carboxylic acids is 1. The molecule has 4 N–H and O–H groups in total. The molecule has 0 atom stereocenters. The summed E-state index contributed by atoms with van der Waals surface area (Å²) >= 11 is 8.47. The number of carboxylic acid groups (broad SMARTS) is 3. The normalized spacial score (nSPS) is 11.0. The van der Waals surface area contributed by atoms with Crippen LogP contribution in [0.25, 0.3) is 48.8 Å². The van der Waals surface area contributed by atoms with Gasteiger partial charge in [0.25, 0.3) is 5.91 Å². The Kier molecular flexibility index (Phi) is 9.55. The van der Waals surface area contributed by atoms with E-state index in [9.17, 15) is 34.5 Å². The van der Waals surface area contributed by atoms with Gasteiger partial charge >= 0.3 is 17.9 Å². The Bertz CT molecular complexity index is 2200. The number of carbonyl (C=O) groups is 4. The first-order valence-corrected chi connectivity index (χ1v) is 18.5. The molecule has 236 valence electrons. The lowest BCUT2D eigenvalue weighted by molar-refractivity contribution is -0.137. The van der Waals surface area contributed by atoms with E-state index >= 15 is 0 Å². The van der Waals surface area contributed by atoms with Gasteiger partial charge in [-0.2, -0.15) is 0 Å². The summed E-state index contributed by atoms with van der Waals surface area (Å²) in [6, 6.07) is 18.5. The monoisotopic (exact) mass is 735 g/mol. The van der Waals surface area contributed by atoms with Crippen LogP contribution in [0, 0.1) is 12.3 Å². The zero-order valence-electron chi connectivity index (χ0n) is 23.9. The first kappa shape index (κ1) is 32.6. The van der Waals surface area contributed by atoms with Crippen LogP contribution in [0.5, 0.6) is 0 Å². The van der Waals surface area contributed by atoms with Gasteiger partial charge in [-0.1, -0.05) is 5.92 Å². The highest BCUT2D eigenvalue weighted by atomic mass is 32.1. The van der Waals surface area contributed by atoms with Gasteiger partial charge in [-0.05, 0) is 71.8 Å². The molecule has 0 aliphatic carbocycles. The lowest BCUT2D eigenvalue weighted by atomic mass is 10.1. The molecule has 0 fully saturated rings. The number of hydrogen-bond donors (Lipinski definition) is 4. The Labute approximate surface area is 291 Å². The van der Waals surface area contributed by atoms with Gasteiger partial charge in [0.15, 0.2) is 0 Å². The van der Waals surface area contributed by atoms with Crippen LogP contribution in [-0.2, 0) is 22.4 Å². The molecule has 14 heteroatoms. The predicted octanol–water partition coefficient (Wildman–Crippen LogP) is 8.71. The van der Waals surface area contributed by atoms with Gasteiger partial charge in [-0.3, -0.25) is 14.4 Å². The van der Waals surface area contributed by atoms with Crippen molar-refractivity contribution in [2.24, 2.45) is 0 Å². The van der Waals surface area contributed by atoms with Crippen molar-refractivity contribution in [3.05, 3.63) is 81.5 Å². The van der Waals surface area contributed by atoms with E-state index in [1.165, 1.54) is 45.3 Å². The standard InChI is InChI=1S/C33H21NO7S6/c1-2-11-34-32(39)24-9-5-20(44-24)26-12-16(14-28(35)36)30(46-26)22-7-3-18(42-22)19-4-8-23(43-19)31-17(15-29(37)38)13-27(47-31)21-6-10-25(45-21)33(40)41/h1,3-10,12-13H,11,14-15H2,(H,34,39)(H,35,36)(H,37,38)(H,40,41). The summed E-state index contributed by atoms with van der Waals surface area (Å²) in [7, 11) is 0. The minimum atomic E-state index is -1.00. The van der Waals surface area contributed by atoms with E-state index in [2.05, 4.69) is 11.2 Å². The third-order valence-electron chi connectivity index (χ3n) is 6.69. The fourth-order valence-corrected chi connectivity index (χ4v) is 11.4. The Morgan fingerprint density at radius 1 is 0.574 bits per heavy atom. The Morgan fingerprint density at radius 3 is 1.45 bits per heavy atom. The highest BCUT2D eigenvalue weighted by molar-refractivity contribution is 7.30. The van der Waals surface area contributed by atoms with Crippen molar-refractivity contribution in [2.75, 3.05) is 6.54 Å². The quantitative estimate of drug-likeness (QED) is 0.0922. The van der Waals surface area contributed by atoms with Crippen LogP contribution in [0.1, 0.15) is 30.5 Å². The van der Waals surface area contributed by atoms with E-state index in [-0.39, 0.29) is 30.2 Å². The van der Waals surface area contributed by atoms with Crippen LogP contribution in [0.4, 0.5) is 0 Å². The lowest BCUT2D eigenvalue weighted by Crippen LogP contribution is -2.22. The summed E-state index contributed by atoms with van der Waals surface area (Å²) in [5.41, 5.74) is 1.35. The highest BCUT2D eigenvalue weighted by Gasteiger charge is 2.21. The number of aromatic carboxylic acids is 1. The molecular weight excluding hydrogens is 715 g/mol. The van der Waals surface area contributed by atoms with Crippen molar-refractivity contribution in [1.82, 2.24) is 5.32 Å². The van der Waals surface area contributed by atoms with Crippen LogP contribution in [0.3, 0.4) is 0 Å². The molecule has 47 heavy (non-hydrogen) atoms. The van der Waals surface area contributed by atoms with Crippen molar-refractivity contribution >= 4 is 91.8 Å². The van der Waals surface area contributed by atoms with Gasteiger partial charge in [0, 0.05) is 48.8 Å². The van der Waals surface area contributed by atoms with Crippen LogP contribution in [0.15, 0.2) is 60.7 Å². The van der Waals surface area contributed by atoms with Gasteiger partial charge in [0.05, 0.1) is 24.3 Å². The summed E-state index contributed by atoms with van der Waals surface area (Å²) in [6.45, 7) is 0.132. The van der Waals surface area contributed by atoms with E-state index in [0.29, 0.717) is 16.0 Å². The molecule has 6 aromatic heterocycles. The minimum absolute atomic E-state index is 0.132. The zero-order valence-corrected chi connectivity index (χ0v) is 28.8. The Morgan fingerprint density at radius 2 is 1.00 bits per heavy atom. The lowest BCUT2D eigenvalue weighted by Gasteiger charge is -1.98. The summed E-state index contributed by atoms with van der Waals surface area (Å²) in [6.07, 6.45) is 4.94. The van der Waals surface area contributed by atoms with E-state index in [1.807, 2.05) is 42.5 Å². The molecule has 8 nitrogen and oxygen atoms in total. The molecule has 0 unspecified atom stereocenters. The SMILES string of the molecule is C#CCNC(=O)c1ccc(-c2cc(CC(=O)O)c(-c3ccc(-c4ccc(-c5sc(-c6ccc(C(=O)O)s6)cc5CC(=O)O)s4)s3)s2)s1. The fraction of sp³-hybridized carbons (Fsp3) is 0.0909. The van der Waals surface area contributed by atoms with Gasteiger partial charge in [0.1, 0.15) is 4.88 Å². The number of amides is 1. The van der Waals surface area contributed by atoms with Crippen molar-refractivity contribution in [2.45, 2.75) is 12.8 Å². The third kappa shape index (κ3) is 7.15. The van der Waals surface area contributed by atoms with Gasteiger partial charge in [-0.15, -0.1) is 74.4 Å². The zero-order chi connectivity index (χ0) is 33.2. The molecular formula is C33H21NO7S6. The maximum Gasteiger partial charge on any atom is 0.345 e. The van der Waals surface area contributed by atoms with Gasteiger partial charge < -0.3 is 20.6 Å². The maximum absolute atomic E-state index is 12.4. The first-order chi connectivity index (χ1) is 22.6. The number of aliphatic carboxylic acids is 2. The molecule has 0 bridgehead atoms. The second-order valence-electron chi connectivity index (χ2n) is 9.92. The third-order valence-corrected chi connectivity index (χ3v) is 14.3. The van der Waals surface area contributed by atoms with Gasteiger partial charge in [-0.25, -0.2) is 4.79 Å². The molecule has 0 aromatic carbocycles. The second kappa shape index (κ2) is 13.8. The largest absolute Gasteiger partial charge is 0.481 e. The van der Waals surface area contributed by atoms with Crippen LogP contribution in [0.2, 0.25) is 0 Å². The van der Waals surface area contributed by atoms with E-state index in [4.69, 9.17) is 6.42 Å². The Balaban J connectivity index is 1.30. The van der Waals surface area contributed by atoms with E-state index < -0.39 is 17.9 Å². The van der Waals surface area contributed by atoms with Crippen LogP contribution >= 0.6 is 68.0 Å².